The molecule has 20 heavy (non-hydrogen) atoms. The molecule has 0 unspecified atom stereocenters. The molecule has 0 aliphatic heterocycles. The van der Waals surface area contributed by atoms with Crippen LogP contribution in [0.15, 0.2) is 65.0 Å². The van der Waals surface area contributed by atoms with Crippen molar-refractivity contribution in [3.05, 3.63) is 76.0 Å². The Morgan fingerprint density at radius 1 is 0.900 bits per heavy atom. The van der Waals surface area contributed by atoms with Crippen LogP contribution in [0.4, 0.5) is 5.69 Å². The third-order valence-corrected chi connectivity index (χ3v) is 4.47. The second-order valence-electron chi connectivity index (χ2n) is 4.95. The molecule has 0 atom stereocenters. The average Bonchev–Trinajstić information content (AvgIpc) is 3.12. The van der Waals surface area contributed by atoms with E-state index >= 15 is 0 Å². The Bertz CT molecular complexity index is 785. The summed E-state index contributed by atoms with van der Waals surface area (Å²) in [7, 11) is 0. The summed E-state index contributed by atoms with van der Waals surface area (Å²) < 4.78 is 0. The van der Waals surface area contributed by atoms with Crippen molar-refractivity contribution in [2.45, 2.75) is 6.42 Å². The van der Waals surface area contributed by atoms with Gasteiger partial charge in [-0.2, -0.15) is 0 Å². The van der Waals surface area contributed by atoms with Crippen molar-refractivity contribution in [3.63, 3.8) is 0 Å². The first-order chi connectivity index (χ1) is 9.90. The molecule has 0 saturated carbocycles. The Labute approximate surface area is 122 Å². The Kier molecular flexibility index (Phi) is 2.75. The fourth-order valence-electron chi connectivity index (χ4n) is 2.71. The van der Waals surface area contributed by atoms with Gasteiger partial charge >= 0.3 is 0 Å². The van der Waals surface area contributed by atoms with Gasteiger partial charge in [0.25, 0.3) is 0 Å². The fraction of sp³-hybridized carbons (Fsp3) is 0.0556. The van der Waals surface area contributed by atoms with Crippen LogP contribution < -0.4 is 0 Å². The lowest BCUT2D eigenvalue weighted by atomic mass is 10.1. The molecule has 0 fully saturated rings. The highest BCUT2D eigenvalue weighted by Gasteiger charge is 2.17. The SMILES string of the molecule is C(=N\c1ccc2c(c1)Cc1ccccc1-2)/c1cccs1. The predicted octanol–water partition coefficient (Wildman–Crippen LogP) is 5.07. The van der Waals surface area contributed by atoms with Crippen molar-refractivity contribution >= 4 is 23.2 Å². The van der Waals surface area contributed by atoms with Gasteiger partial charge in [0, 0.05) is 11.1 Å². The number of hydrogen-bond acceptors (Lipinski definition) is 2. The Balaban J connectivity index is 1.69. The van der Waals surface area contributed by atoms with Gasteiger partial charge in [0.15, 0.2) is 0 Å². The van der Waals surface area contributed by atoms with E-state index < -0.39 is 0 Å². The van der Waals surface area contributed by atoms with Crippen molar-refractivity contribution in [2.24, 2.45) is 4.99 Å². The molecular weight excluding hydrogens is 262 g/mol. The van der Waals surface area contributed by atoms with Crippen LogP contribution in [0.1, 0.15) is 16.0 Å². The molecule has 0 spiro atoms. The summed E-state index contributed by atoms with van der Waals surface area (Å²) in [5.74, 6) is 0. The Morgan fingerprint density at radius 2 is 1.80 bits per heavy atom. The summed E-state index contributed by atoms with van der Waals surface area (Å²) in [5, 5.41) is 2.07. The van der Waals surface area contributed by atoms with E-state index in [-0.39, 0.29) is 0 Å². The quantitative estimate of drug-likeness (QED) is 0.453. The summed E-state index contributed by atoms with van der Waals surface area (Å²) in [6, 6.07) is 19.3. The number of thiophene rings is 1. The summed E-state index contributed by atoms with van der Waals surface area (Å²) in [4.78, 5) is 5.76. The standard InChI is InChI=1S/C18H13NS/c1-2-6-17-13(4-1)10-14-11-15(7-8-18(14)17)19-12-16-5-3-9-20-16/h1-9,11-12H,10H2/b19-12+. The van der Waals surface area contributed by atoms with Crippen LogP contribution in [0, 0.1) is 0 Å². The molecule has 0 radical (unpaired) electrons. The number of fused-ring (bicyclic) bond motifs is 3. The molecule has 1 nitrogen and oxygen atoms in total. The lowest BCUT2D eigenvalue weighted by molar-refractivity contribution is 1.26. The Morgan fingerprint density at radius 3 is 2.70 bits per heavy atom. The maximum absolute atomic E-state index is 4.57. The van der Waals surface area contributed by atoms with Crippen LogP contribution in [0.3, 0.4) is 0 Å². The predicted molar refractivity (Wildman–Crippen MR) is 86.3 cm³/mol. The normalized spacial score (nSPS) is 12.6. The summed E-state index contributed by atoms with van der Waals surface area (Å²) in [6.45, 7) is 0. The van der Waals surface area contributed by atoms with Crippen molar-refractivity contribution in [1.29, 1.82) is 0 Å². The summed E-state index contributed by atoms with van der Waals surface area (Å²) >= 11 is 1.71. The van der Waals surface area contributed by atoms with E-state index in [0.717, 1.165) is 12.1 Å². The van der Waals surface area contributed by atoms with Crippen LogP contribution in [0.5, 0.6) is 0 Å². The smallest absolute Gasteiger partial charge is 0.0633 e. The second-order valence-corrected chi connectivity index (χ2v) is 5.93. The van der Waals surface area contributed by atoms with Gasteiger partial charge in [-0.3, -0.25) is 4.99 Å². The molecule has 3 aromatic rings. The largest absolute Gasteiger partial charge is 0.255 e. The summed E-state index contributed by atoms with van der Waals surface area (Å²) in [6.07, 6.45) is 2.96. The fourth-order valence-corrected chi connectivity index (χ4v) is 3.30. The van der Waals surface area contributed by atoms with Crippen molar-refractivity contribution in [3.8, 4) is 11.1 Å². The lowest BCUT2D eigenvalue weighted by Crippen LogP contribution is -1.80. The molecule has 2 aromatic carbocycles. The molecule has 0 saturated heterocycles. The van der Waals surface area contributed by atoms with E-state index in [1.54, 1.807) is 11.3 Å². The molecule has 1 heterocycles. The zero-order chi connectivity index (χ0) is 13.4. The van der Waals surface area contributed by atoms with Crippen LogP contribution in [-0.4, -0.2) is 6.21 Å². The first-order valence-corrected chi connectivity index (χ1v) is 7.57. The monoisotopic (exact) mass is 275 g/mol. The maximum Gasteiger partial charge on any atom is 0.0633 e. The van der Waals surface area contributed by atoms with Crippen LogP contribution >= 0.6 is 11.3 Å². The first-order valence-electron chi connectivity index (χ1n) is 6.69. The Hall–Kier alpha value is -2.19. The topological polar surface area (TPSA) is 12.4 Å². The number of hydrogen-bond donors (Lipinski definition) is 0. The molecule has 4 rings (SSSR count). The maximum atomic E-state index is 4.57. The number of rotatable bonds is 2. The number of nitrogens with zero attached hydrogens (tertiary/aromatic N) is 1. The molecule has 0 N–H and O–H groups in total. The van der Waals surface area contributed by atoms with E-state index in [9.17, 15) is 0 Å². The summed E-state index contributed by atoms with van der Waals surface area (Å²) in [5.41, 5.74) is 6.56. The second kappa shape index (κ2) is 4.73. The minimum atomic E-state index is 1.02. The molecule has 0 bridgehead atoms. The zero-order valence-corrected chi connectivity index (χ0v) is 11.7. The van der Waals surface area contributed by atoms with Gasteiger partial charge < -0.3 is 0 Å². The van der Waals surface area contributed by atoms with Crippen LogP contribution in [-0.2, 0) is 6.42 Å². The molecular formula is C18H13NS. The number of aliphatic imine (C=N–C) groups is 1. The minimum absolute atomic E-state index is 1.02. The van der Waals surface area contributed by atoms with E-state index in [1.807, 2.05) is 12.3 Å². The van der Waals surface area contributed by atoms with Gasteiger partial charge in [-0.15, -0.1) is 11.3 Å². The highest BCUT2D eigenvalue weighted by molar-refractivity contribution is 7.11. The van der Waals surface area contributed by atoms with E-state index in [1.165, 1.54) is 27.1 Å². The average molecular weight is 275 g/mol. The number of benzene rings is 2. The van der Waals surface area contributed by atoms with Crippen molar-refractivity contribution in [2.75, 3.05) is 0 Å². The molecule has 2 heteroatoms. The van der Waals surface area contributed by atoms with E-state index in [4.69, 9.17) is 0 Å². The van der Waals surface area contributed by atoms with Crippen molar-refractivity contribution < 1.29 is 0 Å². The third-order valence-electron chi connectivity index (χ3n) is 3.66. The minimum Gasteiger partial charge on any atom is -0.255 e. The van der Waals surface area contributed by atoms with Crippen molar-refractivity contribution in [1.82, 2.24) is 0 Å². The molecule has 1 aliphatic rings. The first kappa shape index (κ1) is 11.6. The van der Waals surface area contributed by atoms with Crippen LogP contribution in [0.2, 0.25) is 0 Å². The zero-order valence-electron chi connectivity index (χ0n) is 10.9. The molecule has 0 amide bonds. The van der Waals surface area contributed by atoms with Gasteiger partial charge in [-0.1, -0.05) is 36.4 Å². The lowest BCUT2D eigenvalue weighted by Gasteiger charge is -2.01. The van der Waals surface area contributed by atoms with Gasteiger partial charge in [-0.05, 0) is 52.3 Å². The van der Waals surface area contributed by atoms with Gasteiger partial charge in [-0.25, -0.2) is 0 Å². The van der Waals surface area contributed by atoms with E-state index in [0.29, 0.717) is 0 Å². The van der Waals surface area contributed by atoms with Gasteiger partial charge in [0.05, 0.1) is 5.69 Å². The molecule has 96 valence electrons. The van der Waals surface area contributed by atoms with Gasteiger partial charge in [0.2, 0.25) is 0 Å². The van der Waals surface area contributed by atoms with E-state index in [2.05, 4.69) is 58.9 Å². The third kappa shape index (κ3) is 1.98. The van der Waals surface area contributed by atoms with Gasteiger partial charge in [0.1, 0.15) is 0 Å². The highest BCUT2D eigenvalue weighted by Crippen LogP contribution is 2.38. The molecule has 1 aliphatic carbocycles. The highest BCUT2D eigenvalue weighted by atomic mass is 32.1. The van der Waals surface area contributed by atoms with Crippen LogP contribution in [0.25, 0.3) is 11.1 Å². The molecule has 1 aromatic heterocycles.